The Morgan fingerprint density at radius 3 is 2.56 bits per heavy atom. The van der Waals surface area contributed by atoms with Crippen molar-refractivity contribution in [2.24, 2.45) is 11.7 Å². The number of hydrogen-bond acceptors (Lipinski definition) is 3. The van der Waals surface area contributed by atoms with Crippen LogP contribution in [0.25, 0.3) is 0 Å². The summed E-state index contributed by atoms with van der Waals surface area (Å²) in [5, 5.41) is 3.18. The average Bonchev–Trinajstić information content (AvgIpc) is 3.17. The van der Waals surface area contributed by atoms with Gasteiger partial charge >= 0.3 is 0 Å². The summed E-state index contributed by atoms with van der Waals surface area (Å²) in [6.45, 7) is 3.34. The van der Waals surface area contributed by atoms with E-state index in [0.717, 1.165) is 74.6 Å². The van der Waals surface area contributed by atoms with E-state index in [9.17, 15) is 9.59 Å². The van der Waals surface area contributed by atoms with E-state index in [2.05, 4.69) is 38.3 Å². The minimum atomic E-state index is -0.372. The topological polar surface area (TPSA) is 75.4 Å². The van der Waals surface area contributed by atoms with Gasteiger partial charge < -0.3 is 16.0 Å². The normalized spacial score (nSPS) is 22.5. The monoisotopic (exact) mass is 435 g/mol. The van der Waals surface area contributed by atoms with Crippen LogP contribution in [-0.2, 0) is 15.0 Å². The van der Waals surface area contributed by atoms with Gasteiger partial charge in [-0.05, 0) is 62.9 Å². The van der Waals surface area contributed by atoms with Gasteiger partial charge in [0.05, 0.1) is 11.3 Å². The molecule has 1 unspecified atom stereocenters. The number of amides is 2. The van der Waals surface area contributed by atoms with Gasteiger partial charge in [-0.2, -0.15) is 0 Å². The molecule has 1 aromatic carbocycles. The lowest BCUT2D eigenvalue weighted by Gasteiger charge is -2.31. The number of carbonyl (C=O) groups excluding carboxylic acids is 2. The molecule has 0 radical (unpaired) electrons. The minimum Gasteiger partial charge on any atom is -0.369 e. The third kappa shape index (κ3) is 4.91. The standard InChI is InChI=1S/C21H30BrN3O2/c22-18-8-6-17(7-9-18)21(10-1-2-11-21)20(27)24-12-4-14-25-13-3-5-16(15-25)19(23)26/h6-9,16H,1-5,10-15H2,(H2,23,26)(H,24,27). The van der Waals surface area contributed by atoms with Crippen LogP contribution in [0.15, 0.2) is 28.7 Å². The summed E-state index contributed by atoms with van der Waals surface area (Å²) < 4.78 is 1.04. The van der Waals surface area contributed by atoms with Crippen LogP contribution in [0.3, 0.4) is 0 Å². The largest absolute Gasteiger partial charge is 0.369 e. The fraction of sp³-hybridized carbons (Fsp3) is 0.619. The zero-order valence-electron chi connectivity index (χ0n) is 15.9. The van der Waals surface area contributed by atoms with Gasteiger partial charge in [-0.25, -0.2) is 0 Å². The molecule has 27 heavy (non-hydrogen) atoms. The van der Waals surface area contributed by atoms with E-state index in [1.54, 1.807) is 0 Å². The Bertz CT molecular complexity index is 656. The van der Waals surface area contributed by atoms with Crippen molar-refractivity contribution in [1.82, 2.24) is 10.2 Å². The van der Waals surface area contributed by atoms with E-state index in [1.807, 2.05) is 12.1 Å². The Kier molecular flexibility index (Phi) is 6.93. The van der Waals surface area contributed by atoms with Crippen molar-refractivity contribution in [2.75, 3.05) is 26.2 Å². The van der Waals surface area contributed by atoms with E-state index in [4.69, 9.17) is 5.73 Å². The van der Waals surface area contributed by atoms with Gasteiger partial charge in [0.2, 0.25) is 11.8 Å². The first-order valence-electron chi connectivity index (χ1n) is 10.1. The first kappa shape index (κ1) is 20.3. The number of rotatable bonds is 7. The molecular weight excluding hydrogens is 406 g/mol. The average molecular weight is 436 g/mol. The van der Waals surface area contributed by atoms with Gasteiger partial charge in [-0.3, -0.25) is 9.59 Å². The maximum atomic E-state index is 13.0. The predicted molar refractivity (Wildman–Crippen MR) is 110 cm³/mol. The van der Waals surface area contributed by atoms with Crippen molar-refractivity contribution in [3.63, 3.8) is 0 Å². The van der Waals surface area contributed by atoms with Crippen LogP contribution in [0, 0.1) is 5.92 Å². The van der Waals surface area contributed by atoms with Gasteiger partial charge in [0.15, 0.2) is 0 Å². The SMILES string of the molecule is NC(=O)C1CCCN(CCCNC(=O)C2(c3ccc(Br)cc3)CCCC2)C1. The van der Waals surface area contributed by atoms with Gasteiger partial charge in [0.25, 0.3) is 0 Å². The molecule has 0 bridgehead atoms. The summed E-state index contributed by atoms with van der Waals surface area (Å²) in [6, 6.07) is 8.20. The molecule has 1 aromatic rings. The van der Waals surface area contributed by atoms with Crippen LogP contribution < -0.4 is 11.1 Å². The first-order chi connectivity index (χ1) is 13.0. The van der Waals surface area contributed by atoms with Crippen molar-refractivity contribution in [1.29, 1.82) is 0 Å². The Labute approximate surface area is 170 Å². The molecule has 1 saturated carbocycles. The number of primary amides is 1. The van der Waals surface area contributed by atoms with Crippen molar-refractivity contribution in [2.45, 2.75) is 50.4 Å². The summed E-state index contributed by atoms with van der Waals surface area (Å²) in [5.41, 5.74) is 6.20. The van der Waals surface area contributed by atoms with Crippen LogP contribution in [0.5, 0.6) is 0 Å². The Hall–Kier alpha value is -1.40. The van der Waals surface area contributed by atoms with Crippen LogP contribution >= 0.6 is 15.9 Å². The van der Waals surface area contributed by atoms with Gasteiger partial charge in [0.1, 0.15) is 0 Å². The molecule has 148 valence electrons. The van der Waals surface area contributed by atoms with Gasteiger partial charge in [-0.15, -0.1) is 0 Å². The number of benzene rings is 1. The van der Waals surface area contributed by atoms with Crippen LogP contribution in [0.2, 0.25) is 0 Å². The molecule has 0 aromatic heterocycles. The summed E-state index contributed by atoms with van der Waals surface area (Å²) in [4.78, 5) is 26.7. The highest BCUT2D eigenvalue weighted by Gasteiger charge is 2.42. The molecule has 2 aliphatic rings. The maximum Gasteiger partial charge on any atom is 0.230 e. The maximum absolute atomic E-state index is 13.0. The zero-order chi connectivity index (χ0) is 19.3. The Balaban J connectivity index is 1.50. The number of nitrogens with two attached hydrogens (primary N) is 1. The zero-order valence-corrected chi connectivity index (χ0v) is 17.5. The highest BCUT2D eigenvalue weighted by Crippen LogP contribution is 2.41. The van der Waals surface area contributed by atoms with Crippen LogP contribution in [-0.4, -0.2) is 42.9 Å². The molecule has 5 nitrogen and oxygen atoms in total. The van der Waals surface area contributed by atoms with Crippen LogP contribution in [0.4, 0.5) is 0 Å². The molecule has 2 fully saturated rings. The van der Waals surface area contributed by atoms with Crippen LogP contribution in [0.1, 0.15) is 50.5 Å². The van der Waals surface area contributed by atoms with E-state index in [-0.39, 0.29) is 23.1 Å². The molecule has 2 amide bonds. The second kappa shape index (κ2) is 9.20. The third-order valence-corrected chi connectivity index (χ3v) is 6.66. The smallest absolute Gasteiger partial charge is 0.230 e. The quantitative estimate of drug-likeness (QED) is 0.646. The molecule has 1 saturated heterocycles. The lowest BCUT2D eigenvalue weighted by molar-refractivity contribution is -0.126. The molecule has 1 atom stereocenters. The fourth-order valence-corrected chi connectivity index (χ4v) is 4.82. The predicted octanol–water partition coefficient (Wildman–Crippen LogP) is 2.96. The summed E-state index contributed by atoms with van der Waals surface area (Å²) in [5.74, 6) is -0.0471. The highest BCUT2D eigenvalue weighted by molar-refractivity contribution is 9.10. The van der Waals surface area contributed by atoms with E-state index < -0.39 is 0 Å². The molecule has 6 heteroatoms. The van der Waals surface area contributed by atoms with Crippen molar-refractivity contribution >= 4 is 27.7 Å². The molecule has 3 N–H and O–H groups in total. The summed E-state index contributed by atoms with van der Waals surface area (Å²) in [7, 11) is 0. The molecular formula is C21H30BrN3O2. The number of nitrogens with one attached hydrogen (secondary N) is 1. The second-order valence-electron chi connectivity index (χ2n) is 7.95. The molecule has 1 aliphatic carbocycles. The Morgan fingerprint density at radius 2 is 1.89 bits per heavy atom. The lowest BCUT2D eigenvalue weighted by Crippen LogP contribution is -2.44. The highest BCUT2D eigenvalue weighted by atomic mass is 79.9. The first-order valence-corrected chi connectivity index (χ1v) is 10.9. The summed E-state index contributed by atoms with van der Waals surface area (Å²) >= 11 is 3.48. The Morgan fingerprint density at radius 1 is 1.19 bits per heavy atom. The van der Waals surface area contributed by atoms with Crippen molar-refractivity contribution < 1.29 is 9.59 Å². The number of carbonyl (C=O) groups is 2. The van der Waals surface area contributed by atoms with Gasteiger partial charge in [-0.1, -0.05) is 40.9 Å². The number of hydrogen-bond donors (Lipinski definition) is 2. The lowest BCUT2D eigenvalue weighted by atomic mass is 9.78. The third-order valence-electron chi connectivity index (χ3n) is 6.13. The summed E-state index contributed by atoms with van der Waals surface area (Å²) in [6.07, 6.45) is 6.87. The molecule has 1 heterocycles. The number of nitrogens with zero attached hydrogens (tertiary/aromatic N) is 1. The van der Waals surface area contributed by atoms with E-state index >= 15 is 0 Å². The van der Waals surface area contributed by atoms with E-state index in [0.29, 0.717) is 6.54 Å². The van der Waals surface area contributed by atoms with Crippen molar-refractivity contribution in [3.05, 3.63) is 34.3 Å². The molecule has 0 spiro atoms. The number of piperidine rings is 1. The second-order valence-corrected chi connectivity index (χ2v) is 8.86. The molecule has 1 aliphatic heterocycles. The number of halogens is 1. The fourth-order valence-electron chi connectivity index (χ4n) is 4.56. The van der Waals surface area contributed by atoms with E-state index in [1.165, 1.54) is 0 Å². The molecule has 3 rings (SSSR count). The van der Waals surface area contributed by atoms with Crippen molar-refractivity contribution in [3.8, 4) is 0 Å². The number of likely N-dealkylation sites (tertiary alicyclic amines) is 1. The minimum absolute atomic E-state index is 0.0208. The van der Waals surface area contributed by atoms with Gasteiger partial charge in [0, 0.05) is 17.6 Å².